The van der Waals surface area contributed by atoms with Crippen molar-refractivity contribution in [3.63, 3.8) is 0 Å². The molecule has 5 nitrogen and oxygen atoms in total. The van der Waals surface area contributed by atoms with E-state index in [2.05, 4.69) is 11.9 Å². The molecule has 0 radical (unpaired) electrons. The lowest BCUT2D eigenvalue weighted by molar-refractivity contribution is -0.141. The predicted octanol–water partition coefficient (Wildman–Crippen LogP) is 0.117. The van der Waals surface area contributed by atoms with E-state index in [1.165, 1.54) is 0 Å². The number of hydrogen-bond acceptors (Lipinski definition) is 3. The van der Waals surface area contributed by atoms with Gasteiger partial charge in [0.05, 0.1) is 12.0 Å². The quantitative estimate of drug-likeness (QED) is 0.525. The maximum absolute atomic E-state index is 11.3. The van der Waals surface area contributed by atoms with Gasteiger partial charge >= 0.3 is 5.97 Å². The molecule has 0 aliphatic heterocycles. The number of hydrogen-bond donors (Lipinski definition) is 3. The van der Waals surface area contributed by atoms with Gasteiger partial charge in [0, 0.05) is 6.54 Å². The summed E-state index contributed by atoms with van der Waals surface area (Å²) in [7, 11) is 0. The molecule has 2 unspecified atom stereocenters. The van der Waals surface area contributed by atoms with Gasteiger partial charge in [-0.2, -0.15) is 0 Å². The second-order valence-electron chi connectivity index (χ2n) is 3.45. The van der Waals surface area contributed by atoms with Gasteiger partial charge in [-0.1, -0.05) is 13.0 Å². The molecule has 5 heteroatoms. The molecule has 0 aromatic heterocycles. The first kappa shape index (κ1) is 13.6. The van der Waals surface area contributed by atoms with Crippen LogP contribution in [0.25, 0.3) is 0 Å². The Bertz CT molecular complexity index is 241. The first-order valence-corrected chi connectivity index (χ1v) is 4.86. The van der Waals surface area contributed by atoms with Gasteiger partial charge in [0.2, 0.25) is 5.91 Å². The summed E-state index contributed by atoms with van der Waals surface area (Å²) in [5.74, 6) is -1.59. The zero-order valence-electron chi connectivity index (χ0n) is 8.90. The maximum atomic E-state index is 11.3. The Morgan fingerprint density at radius 3 is 2.67 bits per heavy atom. The van der Waals surface area contributed by atoms with Crippen LogP contribution in [0.5, 0.6) is 0 Å². The van der Waals surface area contributed by atoms with Gasteiger partial charge < -0.3 is 16.2 Å². The Kier molecular flexibility index (Phi) is 6.37. The van der Waals surface area contributed by atoms with Crippen molar-refractivity contribution >= 4 is 11.9 Å². The number of nitrogens with one attached hydrogen (secondary N) is 1. The maximum Gasteiger partial charge on any atom is 0.306 e. The summed E-state index contributed by atoms with van der Waals surface area (Å²) < 4.78 is 0. The minimum absolute atomic E-state index is 0.271. The molecular weight excluding hydrogens is 196 g/mol. The van der Waals surface area contributed by atoms with E-state index >= 15 is 0 Å². The second-order valence-corrected chi connectivity index (χ2v) is 3.45. The van der Waals surface area contributed by atoms with Crippen LogP contribution in [0.4, 0.5) is 0 Å². The lowest BCUT2D eigenvalue weighted by Crippen LogP contribution is -2.41. The summed E-state index contributed by atoms with van der Waals surface area (Å²) >= 11 is 0. The minimum atomic E-state index is -0.861. The van der Waals surface area contributed by atoms with Crippen LogP contribution in [-0.4, -0.2) is 29.6 Å². The molecule has 0 bridgehead atoms. The molecule has 0 aliphatic rings. The van der Waals surface area contributed by atoms with Crippen LogP contribution in [0.1, 0.15) is 19.8 Å². The van der Waals surface area contributed by atoms with Crippen molar-refractivity contribution in [2.24, 2.45) is 11.7 Å². The highest BCUT2D eigenvalue weighted by atomic mass is 16.4. The van der Waals surface area contributed by atoms with Gasteiger partial charge in [-0.3, -0.25) is 9.59 Å². The van der Waals surface area contributed by atoms with E-state index in [9.17, 15) is 9.59 Å². The number of carbonyl (C=O) groups is 2. The Morgan fingerprint density at radius 2 is 2.20 bits per heavy atom. The molecule has 1 amide bonds. The molecule has 4 N–H and O–H groups in total. The fraction of sp³-hybridized carbons (Fsp3) is 0.600. The fourth-order valence-electron chi connectivity index (χ4n) is 0.953. The third-order valence-corrected chi connectivity index (χ3v) is 2.06. The molecule has 0 aromatic carbocycles. The van der Waals surface area contributed by atoms with E-state index in [-0.39, 0.29) is 5.91 Å². The number of aliphatic carboxylic acids is 1. The van der Waals surface area contributed by atoms with Gasteiger partial charge in [-0.25, -0.2) is 0 Å². The first-order chi connectivity index (χ1) is 6.99. The topological polar surface area (TPSA) is 92.4 Å². The molecule has 0 spiro atoms. The van der Waals surface area contributed by atoms with Gasteiger partial charge in [0.15, 0.2) is 0 Å². The highest BCUT2D eigenvalue weighted by Gasteiger charge is 2.13. The standard InChI is InChI=1S/C10H18N2O3/c1-3-4-8(11)9(13)12-6-5-7(2)10(14)15/h3,7-8H,1,4-6,11H2,2H3,(H,12,13)(H,14,15). The van der Waals surface area contributed by atoms with Crippen molar-refractivity contribution in [1.82, 2.24) is 5.32 Å². The molecular formula is C10H18N2O3. The van der Waals surface area contributed by atoms with Gasteiger partial charge in [-0.15, -0.1) is 6.58 Å². The number of carboxylic acids is 1. The summed E-state index contributed by atoms with van der Waals surface area (Å²) in [4.78, 5) is 21.7. The lowest BCUT2D eigenvalue weighted by atomic mass is 10.1. The second kappa shape index (κ2) is 7.00. The average Bonchev–Trinajstić information content (AvgIpc) is 2.17. The number of carbonyl (C=O) groups excluding carboxylic acids is 1. The van der Waals surface area contributed by atoms with Gasteiger partial charge in [0.1, 0.15) is 0 Å². The van der Waals surface area contributed by atoms with Crippen molar-refractivity contribution in [2.45, 2.75) is 25.8 Å². The van der Waals surface area contributed by atoms with E-state index in [0.29, 0.717) is 19.4 Å². The van der Waals surface area contributed by atoms with Crippen LogP contribution in [0.3, 0.4) is 0 Å². The zero-order valence-corrected chi connectivity index (χ0v) is 8.90. The normalized spacial score (nSPS) is 14.0. The van der Waals surface area contributed by atoms with Crippen molar-refractivity contribution in [3.8, 4) is 0 Å². The van der Waals surface area contributed by atoms with Crippen LogP contribution in [0, 0.1) is 5.92 Å². The van der Waals surface area contributed by atoms with Crippen molar-refractivity contribution in [1.29, 1.82) is 0 Å². The molecule has 15 heavy (non-hydrogen) atoms. The van der Waals surface area contributed by atoms with Crippen LogP contribution in [-0.2, 0) is 9.59 Å². The number of nitrogens with two attached hydrogens (primary N) is 1. The Balaban J connectivity index is 3.72. The van der Waals surface area contributed by atoms with Crippen molar-refractivity contribution in [3.05, 3.63) is 12.7 Å². The molecule has 0 fully saturated rings. The van der Waals surface area contributed by atoms with Crippen LogP contribution in [0.2, 0.25) is 0 Å². The first-order valence-electron chi connectivity index (χ1n) is 4.86. The van der Waals surface area contributed by atoms with Crippen molar-refractivity contribution < 1.29 is 14.7 Å². The van der Waals surface area contributed by atoms with Crippen molar-refractivity contribution in [2.75, 3.05) is 6.54 Å². The molecule has 86 valence electrons. The Hall–Kier alpha value is -1.36. The van der Waals surface area contributed by atoms with E-state index < -0.39 is 17.9 Å². The lowest BCUT2D eigenvalue weighted by Gasteiger charge is -2.11. The zero-order chi connectivity index (χ0) is 11.8. The SMILES string of the molecule is C=CCC(N)C(=O)NCCC(C)C(=O)O. The fourth-order valence-corrected chi connectivity index (χ4v) is 0.953. The molecule has 0 saturated carbocycles. The third-order valence-electron chi connectivity index (χ3n) is 2.06. The Labute approximate surface area is 89.3 Å². The summed E-state index contributed by atoms with van der Waals surface area (Å²) in [6, 6.07) is -0.595. The summed E-state index contributed by atoms with van der Waals surface area (Å²) in [5.41, 5.74) is 5.50. The average molecular weight is 214 g/mol. The van der Waals surface area contributed by atoms with Gasteiger partial charge in [0.25, 0.3) is 0 Å². The summed E-state index contributed by atoms with van der Waals surface area (Å²) in [6.07, 6.45) is 2.40. The van der Waals surface area contributed by atoms with Crippen LogP contribution >= 0.6 is 0 Å². The van der Waals surface area contributed by atoms with E-state index in [0.717, 1.165) is 0 Å². The smallest absolute Gasteiger partial charge is 0.306 e. The molecule has 2 atom stereocenters. The Morgan fingerprint density at radius 1 is 1.60 bits per heavy atom. The number of rotatable bonds is 7. The largest absolute Gasteiger partial charge is 0.481 e. The minimum Gasteiger partial charge on any atom is -0.481 e. The highest BCUT2D eigenvalue weighted by Crippen LogP contribution is 1.99. The van der Waals surface area contributed by atoms with Crippen LogP contribution < -0.4 is 11.1 Å². The number of carboxylic acid groups (broad SMARTS) is 1. The molecule has 0 aromatic rings. The molecule has 0 aliphatic carbocycles. The highest BCUT2D eigenvalue weighted by molar-refractivity contribution is 5.81. The molecule has 0 rings (SSSR count). The van der Waals surface area contributed by atoms with E-state index in [1.54, 1.807) is 13.0 Å². The molecule has 0 saturated heterocycles. The monoisotopic (exact) mass is 214 g/mol. The third kappa shape index (κ3) is 5.85. The van der Waals surface area contributed by atoms with Gasteiger partial charge in [-0.05, 0) is 12.8 Å². The molecule has 0 heterocycles. The summed E-state index contributed by atoms with van der Waals surface area (Å²) in [5, 5.41) is 11.2. The predicted molar refractivity (Wildman–Crippen MR) is 57.2 cm³/mol. The summed E-state index contributed by atoms with van der Waals surface area (Å²) in [6.45, 7) is 5.40. The van der Waals surface area contributed by atoms with E-state index in [4.69, 9.17) is 10.8 Å². The van der Waals surface area contributed by atoms with Crippen LogP contribution in [0.15, 0.2) is 12.7 Å². The van der Waals surface area contributed by atoms with E-state index in [1.807, 2.05) is 0 Å². The number of amides is 1.